The summed E-state index contributed by atoms with van der Waals surface area (Å²) in [5, 5.41) is 9.09. The average Bonchev–Trinajstić information content (AvgIpc) is 2.59. The zero-order valence-corrected chi connectivity index (χ0v) is 13.6. The van der Waals surface area contributed by atoms with E-state index in [2.05, 4.69) is 4.90 Å². The fourth-order valence-electron chi connectivity index (χ4n) is 3.15. The summed E-state index contributed by atoms with van der Waals surface area (Å²) in [4.78, 5) is 16.6. The van der Waals surface area contributed by atoms with Crippen LogP contribution in [0, 0.1) is 0 Å². The minimum atomic E-state index is 0.149. The van der Waals surface area contributed by atoms with Gasteiger partial charge in [-0.2, -0.15) is 0 Å². The number of rotatable bonds is 7. The number of aliphatic hydroxyl groups excluding tert-OH is 1. The van der Waals surface area contributed by atoms with E-state index in [4.69, 9.17) is 5.11 Å². The van der Waals surface area contributed by atoms with Gasteiger partial charge < -0.3 is 14.9 Å². The SMILES string of the molecule is CN(C(=O)CN(CCCO)c1ccccc1)C1CCCCC1. The Balaban J connectivity index is 1.97. The van der Waals surface area contributed by atoms with Crippen molar-refractivity contribution in [3.63, 3.8) is 0 Å². The second-order valence-corrected chi connectivity index (χ2v) is 6.13. The molecule has 0 unspecified atom stereocenters. The molecular formula is C18H28N2O2. The summed E-state index contributed by atoms with van der Waals surface area (Å²) in [5.74, 6) is 0.175. The van der Waals surface area contributed by atoms with Crippen molar-refractivity contribution in [2.45, 2.75) is 44.6 Å². The summed E-state index contributed by atoms with van der Waals surface area (Å²) in [5.41, 5.74) is 1.04. The van der Waals surface area contributed by atoms with Gasteiger partial charge in [-0.05, 0) is 31.4 Å². The van der Waals surface area contributed by atoms with E-state index >= 15 is 0 Å². The second kappa shape index (κ2) is 8.79. The smallest absolute Gasteiger partial charge is 0.242 e. The Morgan fingerprint density at radius 3 is 2.50 bits per heavy atom. The first kappa shape index (κ1) is 16.8. The topological polar surface area (TPSA) is 43.8 Å². The van der Waals surface area contributed by atoms with Crippen LogP contribution >= 0.6 is 0 Å². The van der Waals surface area contributed by atoms with Crippen molar-refractivity contribution in [1.29, 1.82) is 0 Å². The Morgan fingerprint density at radius 2 is 1.86 bits per heavy atom. The maximum absolute atomic E-state index is 12.6. The normalized spacial score (nSPS) is 15.5. The van der Waals surface area contributed by atoms with Gasteiger partial charge in [-0.25, -0.2) is 0 Å². The molecule has 2 rings (SSSR count). The molecule has 0 atom stereocenters. The number of carbonyl (C=O) groups is 1. The molecule has 1 saturated carbocycles. The number of aliphatic hydroxyl groups is 1. The largest absolute Gasteiger partial charge is 0.396 e. The Labute approximate surface area is 133 Å². The van der Waals surface area contributed by atoms with Crippen LogP contribution in [-0.4, -0.2) is 48.7 Å². The predicted molar refractivity (Wildman–Crippen MR) is 90.0 cm³/mol. The van der Waals surface area contributed by atoms with Crippen LogP contribution in [0.2, 0.25) is 0 Å². The summed E-state index contributed by atoms with van der Waals surface area (Å²) >= 11 is 0. The molecule has 1 fully saturated rings. The second-order valence-electron chi connectivity index (χ2n) is 6.13. The lowest BCUT2D eigenvalue weighted by atomic mass is 9.94. The number of amides is 1. The van der Waals surface area contributed by atoms with Crippen molar-refractivity contribution in [3.8, 4) is 0 Å². The molecule has 0 saturated heterocycles. The van der Waals surface area contributed by atoms with Gasteiger partial charge in [-0.1, -0.05) is 37.5 Å². The van der Waals surface area contributed by atoms with Crippen LogP contribution in [0.25, 0.3) is 0 Å². The molecule has 1 aliphatic carbocycles. The number of anilines is 1. The van der Waals surface area contributed by atoms with Gasteiger partial charge in [-0.3, -0.25) is 4.79 Å². The molecular weight excluding hydrogens is 276 g/mol. The number of hydrogen-bond acceptors (Lipinski definition) is 3. The molecule has 0 aliphatic heterocycles. The lowest BCUT2D eigenvalue weighted by Crippen LogP contribution is -2.44. The van der Waals surface area contributed by atoms with Crippen molar-refractivity contribution in [2.75, 3.05) is 31.6 Å². The number of para-hydroxylation sites is 1. The molecule has 1 aromatic carbocycles. The third kappa shape index (κ3) is 4.73. The average molecular weight is 304 g/mol. The molecule has 1 aliphatic rings. The minimum absolute atomic E-state index is 0.149. The Kier molecular flexibility index (Phi) is 6.72. The van der Waals surface area contributed by atoms with Crippen LogP contribution in [0.4, 0.5) is 5.69 Å². The summed E-state index contributed by atoms with van der Waals surface area (Å²) in [6.07, 6.45) is 6.69. The highest BCUT2D eigenvalue weighted by Crippen LogP contribution is 2.22. The lowest BCUT2D eigenvalue weighted by Gasteiger charge is -2.33. The Bertz CT molecular complexity index is 444. The summed E-state index contributed by atoms with van der Waals surface area (Å²) < 4.78 is 0. The van der Waals surface area contributed by atoms with Crippen LogP contribution in [-0.2, 0) is 4.79 Å². The molecule has 122 valence electrons. The summed E-state index contributed by atoms with van der Waals surface area (Å²) in [7, 11) is 1.94. The van der Waals surface area contributed by atoms with E-state index in [1.165, 1.54) is 19.3 Å². The molecule has 0 radical (unpaired) electrons. The first-order valence-corrected chi connectivity index (χ1v) is 8.39. The van der Waals surface area contributed by atoms with Gasteiger partial charge in [0, 0.05) is 31.9 Å². The zero-order chi connectivity index (χ0) is 15.8. The molecule has 1 aromatic rings. The maximum atomic E-state index is 12.6. The number of likely N-dealkylation sites (N-methyl/N-ethyl adjacent to an activating group) is 1. The van der Waals surface area contributed by atoms with Crippen molar-refractivity contribution >= 4 is 11.6 Å². The first-order valence-electron chi connectivity index (χ1n) is 8.39. The van der Waals surface area contributed by atoms with E-state index < -0.39 is 0 Å². The summed E-state index contributed by atoms with van der Waals surface area (Å²) in [6.45, 7) is 1.23. The van der Waals surface area contributed by atoms with Gasteiger partial charge in [0.2, 0.25) is 5.91 Å². The lowest BCUT2D eigenvalue weighted by molar-refractivity contribution is -0.131. The van der Waals surface area contributed by atoms with Gasteiger partial charge in [0.15, 0.2) is 0 Å². The third-order valence-electron chi connectivity index (χ3n) is 4.55. The number of carbonyl (C=O) groups excluding carboxylic acids is 1. The van der Waals surface area contributed by atoms with Crippen molar-refractivity contribution in [2.24, 2.45) is 0 Å². The number of hydrogen-bond donors (Lipinski definition) is 1. The van der Waals surface area contributed by atoms with Crippen LogP contribution in [0.3, 0.4) is 0 Å². The molecule has 0 spiro atoms. The van der Waals surface area contributed by atoms with Gasteiger partial charge in [0.1, 0.15) is 0 Å². The van der Waals surface area contributed by atoms with Crippen LogP contribution in [0.5, 0.6) is 0 Å². The maximum Gasteiger partial charge on any atom is 0.242 e. The number of benzene rings is 1. The Morgan fingerprint density at radius 1 is 1.18 bits per heavy atom. The van der Waals surface area contributed by atoms with Crippen molar-refractivity contribution in [3.05, 3.63) is 30.3 Å². The minimum Gasteiger partial charge on any atom is -0.396 e. The van der Waals surface area contributed by atoms with Crippen molar-refractivity contribution in [1.82, 2.24) is 4.90 Å². The number of nitrogens with zero attached hydrogens (tertiary/aromatic N) is 2. The standard InChI is InChI=1S/C18H28N2O2/c1-19(16-9-4-2-5-10-16)18(22)15-20(13-8-14-21)17-11-6-3-7-12-17/h3,6-7,11-12,16,21H,2,4-5,8-10,13-15H2,1H3. The molecule has 1 amide bonds. The Hall–Kier alpha value is -1.55. The predicted octanol–water partition coefficient (Wildman–Crippen LogP) is 2.67. The van der Waals surface area contributed by atoms with Gasteiger partial charge in [0.25, 0.3) is 0 Å². The van der Waals surface area contributed by atoms with E-state index in [1.54, 1.807) is 0 Å². The highest BCUT2D eigenvalue weighted by molar-refractivity contribution is 5.81. The molecule has 0 aromatic heterocycles. The first-order chi connectivity index (χ1) is 10.7. The van der Waals surface area contributed by atoms with Crippen molar-refractivity contribution < 1.29 is 9.90 Å². The molecule has 22 heavy (non-hydrogen) atoms. The highest BCUT2D eigenvalue weighted by Gasteiger charge is 2.23. The third-order valence-corrected chi connectivity index (χ3v) is 4.55. The monoisotopic (exact) mass is 304 g/mol. The van der Waals surface area contributed by atoms with Crippen LogP contribution in [0.15, 0.2) is 30.3 Å². The fourth-order valence-corrected chi connectivity index (χ4v) is 3.15. The molecule has 4 heteroatoms. The van der Waals surface area contributed by atoms with Crippen LogP contribution in [0.1, 0.15) is 38.5 Å². The highest BCUT2D eigenvalue weighted by atomic mass is 16.3. The van der Waals surface area contributed by atoms with E-state index in [0.717, 1.165) is 18.5 Å². The zero-order valence-electron chi connectivity index (χ0n) is 13.6. The van der Waals surface area contributed by atoms with E-state index in [-0.39, 0.29) is 12.5 Å². The van der Waals surface area contributed by atoms with E-state index in [9.17, 15) is 4.79 Å². The quantitative estimate of drug-likeness (QED) is 0.842. The van der Waals surface area contributed by atoms with E-state index in [0.29, 0.717) is 25.6 Å². The van der Waals surface area contributed by atoms with E-state index in [1.807, 2.05) is 42.3 Å². The van der Waals surface area contributed by atoms with Crippen LogP contribution < -0.4 is 4.90 Å². The molecule has 0 heterocycles. The van der Waals surface area contributed by atoms with Gasteiger partial charge in [0.05, 0.1) is 6.54 Å². The van der Waals surface area contributed by atoms with Gasteiger partial charge in [-0.15, -0.1) is 0 Å². The van der Waals surface area contributed by atoms with Gasteiger partial charge >= 0.3 is 0 Å². The molecule has 4 nitrogen and oxygen atoms in total. The fraction of sp³-hybridized carbons (Fsp3) is 0.611. The summed E-state index contributed by atoms with van der Waals surface area (Å²) in [6, 6.07) is 10.4. The molecule has 1 N–H and O–H groups in total. The molecule has 0 bridgehead atoms.